The molecule has 0 aliphatic carbocycles. The van der Waals surface area contributed by atoms with Gasteiger partial charge in [0.2, 0.25) is 5.75 Å². The summed E-state index contributed by atoms with van der Waals surface area (Å²) in [6, 6.07) is 0. The summed E-state index contributed by atoms with van der Waals surface area (Å²) in [6.07, 6.45) is 4.12. The van der Waals surface area contributed by atoms with E-state index in [0.29, 0.717) is 18.2 Å². The van der Waals surface area contributed by atoms with Crippen molar-refractivity contribution >= 4 is 11.8 Å². The standard InChI is InChI=1S/C13H19N3O4/c1-20-11-12(14-8-15-13(11)19)16-6-4-9(5-7-16)2-3-10(17)18/h8-9H,2-7H2,1H3,(H,17,18)(H,14,15,19). The SMILES string of the molecule is COc1c(N2CCC(CCC(=O)O)CC2)nc[nH]c1=O. The number of carboxylic acids is 1. The highest BCUT2D eigenvalue weighted by atomic mass is 16.5. The number of carbonyl (C=O) groups is 1. The van der Waals surface area contributed by atoms with Crippen molar-refractivity contribution in [3.8, 4) is 5.75 Å². The van der Waals surface area contributed by atoms with Crippen LogP contribution in [-0.2, 0) is 4.79 Å². The van der Waals surface area contributed by atoms with E-state index >= 15 is 0 Å². The lowest BCUT2D eigenvalue weighted by Gasteiger charge is -2.32. The molecule has 0 atom stereocenters. The van der Waals surface area contributed by atoms with E-state index in [9.17, 15) is 9.59 Å². The molecule has 1 saturated heterocycles. The van der Waals surface area contributed by atoms with Gasteiger partial charge in [0, 0.05) is 19.5 Å². The Kier molecular flexibility index (Phi) is 4.60. The number of aromatic amines is 1. The van der Waals surface area contributed by atoms with Crippen molar-refractivity contribution in [3.05, 3.63) is 16.7 Å². The first kappa shape index (κ1) is 14.4. The minimum atomic E-state index is -0.745. The largest absolute Gasteiger partial charge is 0.489 e. The van der Waals surface area contributed by atoms with Crippen molar-refractivity contribution in [2.75, 3.05) is 25.1 Å². The van der Waals surface area contributed by atoms with Crippen LogP contribution in [0, 0.1) is 5.92 Å². The van der Waals surface area contributed by atoms with Crippen LogP contribution < -0.4 is 15.2 Å². The van der Waals surface area contributed by atoms with Gasteiger partial charge in [0.15, 0.2) is 5.82 Å². The average Bonchev–Trinajstić information content (AvgIpc) is 2.45. The fourth-order valence-electron chi connectivity index (χ4n) is 2.55. The molecular formula is C13H19N3O4. The molecule has 0 unspecified atom stereocenters. The number of nitrogens with zero attached hydrogens (tertiary/aromatic N) is 2. The number of hydrogen-bond donors (Lipinski definition) is 2. The van der Waals surface area contributed by atoms with Crippen molar-refractivity contribution in [2.45, 2.75) is 25.7 Å². The van der Waals surface area contributed by atoms with Crippen molar-refractivity contribution in [3.63, 3.8) is 0 Å². The number of anilines is 1. The fourth-order valence-corrected chi connectivity index (χ4v) is 2.55. The van der Waals surface area contributed by atoms with E-state index < -0.39 is 5.97 Å². The maximum absolute atomic E-state index is 11.6. The molecule has 1 aromatic heterocycles. The molecular weight excluding hydrogens is 262 g/mol. The van der Waals surface area contributed by atoms with Crippen LogP contribution in [0.15, 0.2) is 11.1 Å². The van der Waals surface area contributed by atoms with Crippen LogP contribution in [0.1, 0.15) is 25.7 Å². The monoisotopic (exact) mass is 281 g/mol. The molecule has 20 heavy (non-hydrogen) atoms. The van der Waals surface area contributed by atoms with E-state index in [1.165, 1.54) is 13.4 Å². The zero-order chi connectivity index (χ0) is 14.5. The first-order chi connectivity index (χ1) is 9.61. The molecule has 7 nitrogen and oxygen atoms in total. The second-order valence-electron chi connectivity index (χ2n) is 4.95. The summed E-state index contributed by atoms with van der Waals surface area (Å²) in [5.74, 6) is 0.477. The zero-order valence-corrected chi connectivity index (χ0v) is 11.5. The summed E-state index contributed by atoms with van der Waals surface area (Å²) >= 11 is 0. The van der Waals surface area contributed by atoms with E-state index in [2.05, 4.69) is 9.97 Å². The molecule has 1 aromatic rings. The summed E-state index contributed by atoms with van der Waals surface area (Å²) in [5, 5.41) is 8.70. The first-order valence-corrected chi connectivity index (χ1v) is 6.70. The Balaban J connectivity index is 1.99. The van der Waals surface area contributed by atoms with Gasteiger partial charge in [0.25, 0.3) is 5.56 Å². The Morgan fingerprint density at radius 3 is 2.85 bits per heavy atom. The van der Waals surface area contributed by atoms with Gasteiger partial charge in [-0.05, 0) is 25.2 Å². The zero-order valence-electron chi connectivity index (χ0n) is 11.5. The van der Waals surface area contributed by atoms with E-state index in [1.54, 1.807) is 0 Å². The van der Waals surface area contributed by atoms with Gasteiger partial charge in [0.05, 0.1) is 13.4 Å². The number of piperidine rings is 1. The quantitative estimate of drug-likeness (QED) is 0.831. The summed E-state index contributed by atoms with van der Waals surface area (Å²) in [4.78, 5) is 30.9. The van der Waals surface area contributed by atoms with Crippen LogP contribution in [0.2, 0.25) is 0 Å². The number of aliphatic carboxylic acids is 1. The normalized spacial score (nSPS) is 16.1. The topological polar surface area (TPSA) is 95.5 Å². The molecule has 0 amide bonds. The van der Waals surface area contributed by atoms with Gasteiger partial charge in [-0.2, -0.15) is 0 Å². The molecule has 0 saturated carbocycles. The maximum Gasteiger partial charge on any atom is 0.303 e. The Hall–Kier alpha value is -2.05. The maximum atomic E-state index is 11.6. The van der Waals surface area contributed by atoms with Gasteiger partial charge >= 0.3 is 5.97 Å². The van der Waals surface area contributed by atoms with Gasteiger partial charge < -0.3 is 19.7 Å². The van der Waals surface area contributed by atoms with Crippen molar-refractivity contribution in [1.82, 2.24) is 9.97 Å². The fraction of sp³-hybridized carbons (Fsp3) is 0.615. The van der Waals surface area contributed by atoms with E-state index in [-0.39, 0.29) is 17.7 Å². The highest BCUT2D eigenvalue weighted by Gasteiger charge is 2.23. The summed E-state index contributed by atoms with van der Waals surface area (Å²) in [6.45, 7) is 1.52. The van der Waals surface area contributed by atoms with E-state index in [0.717, 1.165) is 25.9 Å². The lowest BCUT2D eigenvalue weighted by molar-refractivity contribution is -0.137. The summed E-state index contributed by atoms with van der Waals surface area (Å²) in [7, 11) is 1.45. The molecule has 0 aromatic carbocycles. The van der Waals surface area contributed by atoms with Gasteiger partial charge in [-0.25, -0.2) is 4.98 Å². The third-order valence-electron chi connectivity index (χ3n) is 3.68. The van der Waals surface area contributed by atoms with Gasteiger partial charge in [-0.3, -0.25) is 9.59 Å². The number of hydrogen-bond acceptors (Lipinski definition) is 5. The minimum absolute atomic E-state index is 0.219. The first-order valence-electron chi connectivity index (χ1n) is 6.70. The number of aromatic nitrogens is 2. The Morgan fingerprint density at radius 1 is 1.55 bits per heavy atom. The number of methoxy groups -OCH3 is 1. The second-order valence-corrected chi connectivity index (χ2v) is 4.95. The van der Waals surface area contributed by atoms with Crippen LogP contribution in [0.5, 0.6) is 5.75 Å². The van der Waals surface area contributed by atoms with Crippen LogP contribution >= 0.6 is 0 Å². The minimum Gasteiger partial charge on any atom is -0.489 e. The van der Waals surface area contributed by atoms with Crippen LogP contribution in [0.4, 0.5) is 5.82 Å². The second kappa shape index (κ2) is 6.40. The van der Waals surface area contributed by atoms with Gasteiger partial charge in [-0.1, -0.05) is 0 Å². The van der Waals surface area contributed by atoms with Crippen molar-refractivity contribution in [2.24, 2.45) is 5.92 Å². The van der Waals surface area contributed by atoms with Crippen LogP contribution in [0.3, 0.4) is 0 Å². The molecule has 0 radical (unpaired) electrons. The smallest absolute Gasteiger partial charge is 0.303 e. The van der Waals surface area contributed by atoms with Crippen molar-refractivity contribution in [1.29, 1.82) is 0 Å². The third-order valence-corrected chi connectivity index (χ3v) is 3.68. The Morgan fingerprint density at radius 2 is 2.25 bits per heavy atom. The third kappa shape index (κ3) is 3.28. The molecule has 0 bridgehead atoms. The molecule has 110 valence electrons. The summed E-state index contributed by atoms with van der Waals surface area (Å²) in [5.41, 5.74) is -0.287. The van der Waals surface area contributed by atoms with Crippen molar-refractivity contribution < 1.29 is 14.6 Å². The predicted octanol–water partition coefficient (Wildman–Crippen LogP) is 0.860. The highest BCUT2D eigenvalue weighted by Crippen LogP contribution is 2.28. The van der Waals surface area contributed by atoms with E-state index in [1.807, 2.05) is 4.90 Å². The molecule has 0 spiro atoms. The Labute approximate surface area is 116 Å². The van der Waals surface area contributed by atoms with Crippen LogP contribution in [0.25, 0.3) is 0 Å². The predicted molar refractivity (Wildman–Crippen MR) is 73.2 cm³/mol. The molecule has 1 aliphatic heterocycles. The molecule has 7 heteroatoms. The molecule has 2 heterocycles. The molecule has 1 fully saturated rings. The van der Waals surface area contributed by atoms with Crippen LogP contribution in [-0.4, -0.2) is 41.2 Å². The molecule has 2 N–H and O–H groups in total. The average molecular weight is 281 g/mol. The number of ether oxygens (including phenoxy) is 1. The summed E-state index contributed by atoms with van der Waals surface area (Å²) < 4.78 is 5.11. The number of carboxylic acid groups (broad SMARTS) is 1. The molecule has 2 rings (SSSR count). The highest BCUT2D eigenvalue weighted by molar-refractivity contribution is 5.66. The van der Waals surface area contributed by atoms with Gasteiger partial charge in [0.1, 0.15) is 0 Å². The number of H-pyrrole nitrogens is 1. The Bertz CT molecular complexity index is 521. The lowest BCUT2D eigenvalue weighted by Crippen LogP contribution is -2.35. The lowest BCUT2D eigenvalue weighted by atomic mass is 9.92. The molecule has 1 aliphatic rings. The van der Waals surface area contributed by atoms with Gasteiger partial charge in [-0.15, -0.1) is 0 Å². The van der Waals surface area contributed by atoms with E-state index in [4.69, 9.17) is 9.84 Å². The number of rotatable bonds is 5. The number of nitrogens with one attached hydrogen (secondary N) is 1.